The lowest BCUT2D eigenvalue weighted by atomic mass is 10.2. The van der Waals surface area contributed by atoms with Crippen molar-refractivity contribution in [3.63, 3.8) is 0 Å². The Bertz CT molecular complexity index is 1180. The Kier molecular flexibility index (Phi) is 6.23. The number of methoxy groups -OCH3 is 2. The van der Waals surface area contributed by atoms with Crippen LogP contribution in [0.1, 0.15) is 20.7 Å². The number of carbonyl (C=O) groups excluding carboxylic acids is 2. The summed E-state index contributed by atoms with van der Waals surface area (Å²) >= 11 is 6.64. The molecule has 0 aliphatic carbocycles. The van der Waals surface area contributed by atoms with E-state index < -0.39 is 17.4 Å². The van der Waals surface area contributed by atoms with Crippen LogP contribution in [0.25, 0.3) is 11.0 Å². The molecule has 10 heteroatoms. The lowest BCUT2D eigenvalue weighted by Crippen LogP contribution is -2.43. The molecule has 150 valence electrons. The number of ether oxygens (including phenoxy) is 2. The Morgan fingerprint density at radius 1 is 0.931 bits per heavy atom. The summed E-state index contributed by atoms with van der Waals surface area (Å²) in [6.45, 7) is 0. The molecule has 2 N–H and O–H groups in total. The van der Waals surface area contributed by atoms with Crippen LogP contribution >= 0.6 is 31.9 Å². The Balaban J connectivity index is 1.79. The molecular weight excluding hydrogens is 512 g/mol. The zero-order valence-electron chi connectivity index (χ0n) is 15.2. The topological polar surface area (TPSA) is 107 Å². The first-order valence-electron chi connectivity index (χ1n) is 8.09. The smallest absolute Gasteiger partial charge is 0.349 e. The molecule has 0 radical (unpaired) electrons. The molecule has 3 rings (SSSR count). The molecule has 0 bridgehead atoms. The number of hydrazine groups is 1. The fourth-order valence-corrected chi connectivity index (χ4v) is 3.89. The van der Waals surface area contributed by atoms with Crippen molar-refractivity contribution < 1.29 is 23.5 Å². The van der Waals surface area contributed by atoms with Crippen molar-refractivity contribution in [2.75, 3.05) is 14.2 Å². The second-order valence-corrected chi connectivity index (χ2v) is 7.50. The summed E-state index contributed by atoms with van der Waals surface area (Å²) in [6, 6.07) is 9.32. The van der Waals surface area contributed by atoms with E-state index in [2.05, 4.69) is 42.7 Å². The van der Waals surface area contributed by atoms with Gasteiger partial charge in [-0.15, -0.1) is 0 Å². The number of nitrogens with one attached hydrogen (secondary N) is 2. The SMILES string of the molecule is COc1ccc(C(=O)NNC(=O)c2cc3cc(Br)cc(Br)c3oc2=O)cc1OC. The van der Waals surface area contributed by atoms with Crippen molar-refractivity contribution >= 4 is 54.6 Å². The molecule has 2 aromatic carbocycles. The van der Waals surface area contributed by atoms with Gasteiger partial charge >= 0.3 is 5.63 Å². The summed E-state index contributed by atoms with van der Waals surface area (Å²) in [5.41, 5.74) is 3.90. The van der Waals surface area contributed by atoms with E-state index >= 15 is 0 Å². The average molecular weight is 526 g/mol. The van der Waals surface area contributed by atoms with Gasteiger partial charge in [-0.1, -0.05) is 15.9 Å². The van der Waals surface area contributed by atoms with Crippen LogP contribution in [0.3, 0.4) is 0 Å². The van der Waals surface area contributed by atoms with Crippen LogP contribution in [0.4, 0.5) is 0 Å². The molecule has 2 amide bonds. The summed E-state index contributed by atoms with van der Waals surface area (Å²) in [5, 5.41) is 0.530. The lowest BCUT2D eigenvalue weighted by molar-refractivity contribution is 0.0844. The maximum absolute atomic E-state index is 12.4. The largest absolute Gasteiger partial charge is 0.493 e. The van der Waals surface area contributed by atoms with Crippen LogP contribution in [0.2, 0.25) is 0 Å². The summed E-state index contributed by atoms with van der Waals surface area (Å²) in [6.07, 6.45) is 0. The minimum Gasteiger partial charge on any atom is -0.493 e. The number of halogens is 2. The molecule has 8 nitrogen and oxygen atoms in total. The summed E-state index contributed by atoms with van der Waals surface area (Å²) in [7, 11) is 2.92. The van der Waals surface area contributed by atoms with Gasteiger partial charge in [0.2, 0.25) is 0 Å². The third-order valence-electron chi connectivity index (χ3n) is 3.93. The Hall–Kier alpha value is -2.85. The second-order valence-electron chi connectivity index (χ2n) is 5.73. The standard InChI is InChI=1S/C19H14Br2N2O6/c1-27-14-4-3-9(7-15(14)28-2)17(24)22-23-18(25)12-6-10-5-11(20)8-13(21)16(10)29-19(12)26/h3-8H,1-2H3,(H,22,24)(H,23,25). The number of carbonyl (C=O) groups is 2. The molecule has 0 saturated heterocycles. The van der Waals surface area contributed by atoms with Crippen molar-refractivity contribution in [1.82, 2.24) is 10.9 Å². The first-order valence-corrected chi connectivity index (χ1v) is 9.68. The van der Waals surface area contributed by atoms with Gasteiger partial charge in [0, 0.05) is 15.4 Å². The molecule has 1 heterocycles. The van der Waals surface area contributed by atoms with Crippen molar-refractivity contribution in [2.24, 2.45) is 0 Å². The van der Waals surface area contributed by atoms with E-state index in [0.29, 0.717) is 26.9 Å². The summed E-state index contributed by atoms with van der Waals surface area (Å²) in [5.74, 6) is -0.600. The van der Waals surface area contributed by atoms with E-state index in [1.807, 2.05) is 0 Å². The maximum atomic E-state index is 12.4. The first-order chi connectivity index (χ1) is 13.8. The third-order valence-corrected chi connectivity index (χ3v) is 4.98. The van der Waals surface area contributed by atoms with Crippen molar-refractivity contribution in [3.8, 4) is 11.5 Å². The van der Waals surface area contributed by atoms with Crippen LogP contribution in [0.15, 0.2) is 54.6 Å². The molecule has 0 unspecified atom stereocenters. The van der Waals surface area contributed by atoms with Gasteiger partial charge in [-0.2, -0.15) is 0 Å². The van der Waals surface area contributed by atoms with E-state index in [4.69, 9.17) is 13.9 Å². The molecule has 0 atom stereocenters. The van der Waals surface area contributed by atoms with Gasteiger partial charge in [0.25, 0.3) is 11.8 Å². The number of hydrogen-bond acceptors (Lipinski definition) is 6. The van der Waals surface area contributed by atoms with E-state index in [1.165, 1.54) is 32.4 Å². The molecule has 0 fully saturated rings. The molecule has 0 aliphatic heterocycles. The van der Waals surface area contributed by atoms with Crippen molar-refractivity contribution in [3.05, 3.63) is 66.9 Å². The van der Waals surface area contributed by atoms with Crippen molar-refractivity contribution in [2.45, 2.75) is 0 Å². The van der Waals surface area contributed by atoms with Gasteiger partial charge in [-0.25, -0.2) is 4.79 Å². The second kappa shape index (κ2) is 8.66. The zero-order valence-corrected chi connectivity index (χ0v) is 18.3. The van der Waals surface area contributed by atoms with Gasteiger partial charge in [-0.3, -0.25) is 20.4 Å². The Morgan fingerprint density at radius 2 is 1.62 bits per heavy atom. The van der Waals surface area contributed by atoms with Crippen LogP contribution in [-0.4, -0.2) is 26.0 Å². The van der Waals surface area contributed by atoms with Gasteiger partial charge in [-0.05, 0) is 52.3 Å². The minimum atomic E-state index is -0.835. The predicted octanol–water partition coefficient (Wildman–Crippen LogP) is 3.41. The van der Waals surface area contributed by atoms with E-state index in [-0.39, 0.29) is 11.1 Å². The number of hydrogen-bond donors (Lipinski definition) is 2. The van der Waals surface area contributed by atoms with Crippen LogP contribution in [0, 0.1) is 0 Å². The fraction of sp³-hybridized carbons (Fsp3) is 0.105. The highest BCUT2D eigenvalue weighted by atomic mass is 79.9. The quantitative estimate of drug-likeness (QED) is 0.399. The molecule has 0 aliphatic rings. The van der Waals surface area contributed by atoms with E-state index in [0.717, 1.165) is 4.47 Å². The highest BCUT2D eigenvalue weighted by Gasteiger charge is 2.17. The monoisotopic (exact) mass is 524 g/mol. The number of amides is 2. The molecule has 1 aromatic heterocycles. The summed E-state index contributed by atoms with van der Waals surface area (Å²) < 4.78 is 16.8. The number of benzene rings is 2. The van der Waals surface area contributed by atoms with Crippen molar-refractivity contribution in [1.29, 1.82) is 0 Å². The number of fused-ring (bicyclic) bond motifs is 1. The Labute approximate surface area is 181 Å². The van der Waals surface area contributed by atoms with E-state index in [9.17, 15) is 14.4 Å². The van der Waals surface area contributed by atoms with Crippen LogP contribution in [0.5, 0.6) is 11.5 Å². The van der Waals surface area contributed by atoms with E-state index in [1.54, 1.807) is 18.2 Å². The average Bonchev–Trinajstić information content (AvgIpc) is 2.71. The van der Waals surface area contributed by atoms with Gasteiger partial charge in [0.1, 0.15) is 5.56 Å². The van der Waals surface area contributed by atoms with Crippen LogP contribution in [-0.2, 0) is 0 Å². The predicted molar refractivity (Wildman–Crippen MR) is 112 cm³/mol. The van der Waals surface area contributed by atoms with Crippen LogP contribution < -0.4 is 26.0 Å². The molecular formula is C19H14Br2N2O6. The number of rotatable bonds is 4. The normalized spacial score (nSPS) is 10.5. The summed E-state index contributed by atoms with van der Waals surface area (Å²) in [4.78, 5) is 36.9. The zero-order chi connectivity index (χ0) is 21.1. The maximum Gasteiger partial charge on any atom is 0.349 e. The minimum absolute atomic E-state index is 0.223. The molecule has 0 saturated carbocycles. The highest BCUT2D eigenvalue weighted by molar-refractivity contribution is 9.11. The molecule has 3 aromatic rings. The van der Waals surface area contributed by atoms with Gasteiger partial charge in [0.05, 0.1) is 18.7 Å². The fourth-order valence-electron chi connectivity index (χ4n) is 2.55. The third kappa shape index (κ3) is 4.43. The molecule has 0 spiro atoms. The lowest BCUT2D eigenvalue weighted by Gasteiger charge is -2.10. The molecule has 29 heavy (non-hydrogen) atoms. The Morgan fingerprint density at radius 3 is 2.31 bits per heavy atom. The van der Waals surface area contributed by atoms with Gasteiger partial charge < -0.3 is 13.9 Å². The first kappa shape index (κ1) is 20.9. The highest BCUT2D eigenvalue weighted by Crippen LogP contribution is 2.28. The van der Waals surface area contributed by atoms with Gasteiger partial charge in [0.15, 0.2) is 17.1 Å².